The molecule has 1 aliphatic carbocycles. The molecule has 9 heteroatoms. The highest BCUT2D eigenvalue weighted by molar-refractivity contribution is 6.30. The summed E-state index contributed by atoms with van der Waals surface area (Å²) in [6, 6.07) is 20.6. The average Bonchev–Trinajstić information content (AvgIpc) is 3.29. The van der Waals surface area contributed by atoms with Crippen molar-refractivity contribution < 1.29 is 27.4 Å². The largest absolute Gasteiger partial charge is 0.457 e. The van der Waals surface area contributed by atoms with Crippen molar-refractivity contribution in [2.75, 3.05) is 0 Å². The molecule has 0 amide bonds. The van der Waals surface area contributed by atoms with Crippen LogP contribution in [0.5, 0.6) is 11.5 Å². The Bertz CT molecular complexity index is 1710. The number of halogens is 5. The monoisotopic (exact) mass is 566 g/mol. The number of benzene rings is 4. The first-order valence-electron chi connectivity index (χ1n) is 12.8. The Labute approximate surface area is 232 Å². The van der Waals surface area contributed by atoms with Crippen LogP contribution in [0.1, 0.15) is 41.2 Å². The molecular formula is C31H23ClF4N2O2. The van der Waals surface area contributed by atoms with Crippen molar-refractivity contribution in [1.82, 2.24) is 9.78 Å². The van der Waals surface area contributed by atoms with Crippen molar-refractivity contribution in [3.05, 3.63) is 112 Å². The Balaban J connectivity index is 1.41. The van der Waals surface area contributed by atoms with Gasteiger partial charge in [-0.25, -0.2) is 4.39 Å². The molecule has 0 unspecified atom stereocenters. The van der Waals surface area contributed by atoms with Crippen molar-refractivity contribution in [1.29, 1.82) is 0 Å². The molecule has 0 aliphatic heterocycles. The number of fused-ring (bicyclic) bond motifs is 2. The van der Waals surface area contributed by atoms with E-state index in [2.05, 4.69) is 5.10 Å². The number of nitrogens with zero attached hydrogens (tertiary/aromatic N) is 2. The van der Waals surface area contributed by atoms with Gasteiger partial charge in [-0.1, -0.05) is 41.9 Å². The first-order chi connectivity index (χ1) is 19.2. The van der Waals surface area contributed by atoms with Crippen molar-refractivity contribution >= 4 is 22.5 Å². The SMILES string of the molecule is O[C@@H]1CCCc2c(Oc3ccc(-c4c5cccc(C(F)(F)F)c5nn4Cc4ccc(Cl)cc4F)cc3)cccc21. The van der Waals surface area contributed by atoms with E-state index in [4.69, 9.17) is 16.3 Å². The van der Waals surface area contributed by atoms with Crippen LogP contribution in [0, 0.1) is 5.82 Å². The predicted octanol–water partition coefficient (Wildman–Crippen LogP) is 8.72. The topological polar surface area (TPSA) is 47.3 Å². The Morgan fingerprint density at radius 1 is 1.00 bits per heavy atom. The molecule has 40 heavy (non-hydrogen) atoms. The van der Waals surface area contributed by atoms with Gasteiger partial charge in [0.2, 0.25) is 0 Å². The van der Waals surface area contributed by atoms with E-state index in [0.717, 1.165) is 36.1 Å². The van der Waals surface area contributed by atoms with Gasteiger partial charge in [0.05, 0.1) is 23.9 Å². The minimum atomic E-state index is -4.61. The van der Waals surface area contributed by atoms with Crippen LogP contribution in [-0.4, -0.2) is 14.9 Å². The number of aliphatic hydroxyl groups excluding tert-OH is 1. The molecule has 4 aromatic carbocycles. The lowest BCUT2D eigenvalue weighted by molar-refractivity contribution is -0.136. The first kappa shape index (κ1) is 26.3. The van der Waals surface area contributed by atoms with Gasteiger partial charge in [0, 0.05) is 27.1 Å². The zero-order chi connectivity index (χ0) is 28.0. The van der Waals surface area contributed by atoms with Gasteiger partial charge < -0.3 is 9.84 Å². The van der Waals surface area contributed by atoms with Crippen LogP contribution >= 0.6 is 11.6 Å². The molecule has 1 N–H and O–H groups in total. The molecule has 4 nitrogen and oxygen atoms in total. The molecule has 0 bridgehead atoms. The van der Waals surface area contributed by atoms with Crippen LogP contribution in [0.3, 0.4) is 0 Å². The minimum absolute atomic E-state index is 0.0962. The summed E-state index contributed by atoms with van der Waals surface area (Å²) in [7, 11) is 0. The molecule has 6 rings (SSSR count). The Kier molecular flexibility index (Phi) is 6.76. The Morgan fingerprint density at radius 3 is 2.52 bits per heavy atom. The van der Waals surface area contributed by atoms with Gasteiger partial charge in [0.15, 0.2) is 0 Å². The summed E-state index contributed by atoms with van der Waals surface area (Å²) in [5, 5.41) is 15.2. The number of aromatic nitrogens is 2. The molecule has 0 spiro atoms. The number of alkyl halides is 3. The zero-order valence-corrected chi connectivity index (χ0v) is 21.8. The van der Waals surface area contributed by atoms with Gasteiger partial charge in [0.1, 0.15) is 22.8 Å². The van der Waals surface area contributed by atoms with Crippen LogP contribution in [0.2, 0.25) is 5.02 Å². The molecule has 1 heterocycles. The van der Waals surface area contributed by atoms with Gasteiger partial charge in [-0.05, 0) is 73.4 Å². The summed E-state index contributed by atoms with van der Waals surface area (Å²) in [5.74, 6) is 0.619. The standard InChI is InChI=1S/C31H23ClF4N2O2/c32-20-13-10-19(26(33)16-20)17-38-30(24-6-1-7-25(29(24)37-38)31(34,35)36)18-11-14-21(15-12-18)40-28-9-3-4-22-23(28)5-2-8-27(22)39/h1,3-4,6-7,9-16,27,39H,2,5,8,17H2/t27-/m1/s1. The second kappa shape index (κ2) is 10.3. The number of ether oxygens (including phenoxy) is 1. The average molecular weight is 567 g/mol. The third kappa shape index (κ3) is 4.93. The van der Waals surface area contributed by atoms with E-state index in [0.29, 0.717) is 34.6 Å². The lowest BCUT2D eigenvalue weighted by atomic mass is 9.89. The number of hydrogen-bond donors (Lipinski definition) is 1. The number of aliphatic hydroxyl groups is 1. The van der Waals surface area contributed by atoms with Crippen molar-refractivity contribution in [3.63, 3.8) is 0 Å². The summed E-state index contributed by atoms with van der Waals surface area (Å²) in [6.45, 7) is -0.0962. The molecule has 5 aromatic rings. The quantitative estimate of drug-likeness (QED) is 0.216. The predicted molar refractivity (Wildman–Crippen MR) is 145 cm³/mol. The second-order valence-electron chi connectivity index (χ2n) is 9.80. The van der Waals surface area contributed by atoms with Crippen LogP contribution in [0.4, 0.5) is 17.6 Å². The van der Waals surface area contributed by atoms with E-state index in [1.54, 1.807) is 30.3 Å². The fraction of sp³-hybridized carbons (Fsp3) is 0.194. The van der Waals surface area contributed by atoms with Crippen molar-refractivity contribution in [2.24, 2.45) is 0 Å². The van der Waals surface area contributed by atoms with Gasteiger partial charge >= 0.3 is 6.18 Å². The maximum Gasteiger partial charge on any atom is 0.418 e. The smallest absolute Gasteiger partial charge is 0.418 e. The molecule has 1 aromatic heterocycles. The second-order valence-corrected chi connectivity index (χ2v) is 10.2. The van der Waals surface area contributed by atoms with Gasteiger partial charge in [-0.2, -0.15) is 18.3 Å². The van der Waals surface area contributed by atoms with E-state index in [9.17, 15) is 22.7 Å². The van der Waals surface area contributed by atoms with Crippen LogP contribution < -0.4 is 4.74 Å². The van der Waals surface area contributed by atoms with E-state index in [1.807, 2.05) is 18.2 Å². The normalized spacial score (nSPS) is 15.3. The molecule has 0 fully saturated rings. The maximum absolute atomic E-state index is 14.7. The molecule has 0 saturated heterocycles. The molecule has 204 valence electrons. The van der Waals surface area contributed by atoms with Crippen molar-refractivity contribution in [3.8, 4) is 22.8 Å². The lowest BCUT2D eigenvalue weighted by Crippen LogP contribution is -2.10. The number of rotatable bonds is 5. The Morgan fingerprint density at radius 2 is 1.77 bits per heavy atom. The van der Waals surface area contributed by atoms with Crippen LogP contribution in [0.15, 0.2) is 78.9 Å². The highest BCUT2D eigenvalue weighted by atomic mass is 35.5. The highest BCUT2D eigenvalue weighted by Crippen LogP contribution is 2.40. The maximum atomic E-state index is 14.7. The zero-order valence-electron chi connectivity index (χ0n) is 21.1. The minimum Gasteiger partial charge on any atom is -0.457 e. The van der Waals surface area contributed by atoms with Crippen molar-refractivity contribution in [2.45, 2.75) is 38.1 Å². The first-order valence-corrected chi connectivity index (χ1v) is 13.2. The lowest BCUT2D eigenvalue weighted by Gasteiger charge is -2.23. The molecule has 0 radical (unpaired) electrons. The number of hydrogen-bond acceptors (Lipinski definition) is 3. The summed E-state index contributed by atoms with van der Waals surface area (Å²) in [4.78, 5) is 0. The highest BCUT2D eigenvalue weighted by Gasteiger charge is 2.34. The van der Waals surface area contributed by atoms with Gasteiger partial charge in [0.25, 0.3) is 0 Å². The molecule has 1 aliphatic rings. The third-order valence-corrected chi connectivity index (χ3v) is 7.43. The van der Waals surface area contributed by atoms with E-state index < -0.39 is 23.7 Å². The third-order valence-electron chi connectivity index (χ3n) is 7.20. The summed E-state index contributed by atoms with van der Waals surface area (Å²) in [5.41, 5.74) is 2.01. The fourth-order valence-electron chi connectivity index (χ4n) is 5.30. The fourth-order valence-corrected chi connectivity index (χ4v) is 5.46. The summed E-state index contributed by atoms with van der Waals surface area (Å²) >= 11 is 5.89. The van der Waals surface area contributed by atoms with Crippen LogP contribution in [-0.2, 0) is 19.1 Å². The molecular weight excluding hydrogens is 544 g/mol. The molecule has 1 atom stereocenters. The summed E-state index contributed by atoms with van der Waals surface area (Å²) in [6.07, 6.45) is -2.76. The van der Waals surface area contributed by atoms with Crippen LogP contribution in [0.25, 0.3) is 22.2 Å². The Hall–Kier alpha value is -3.88. The molecule has 0 saturated carbocycles. The van der Waals surface area contributed by atoms with Gasteiger partial charge in [-0.3, -0.25) is 4.68 Å². The van der Waals surface area contributed by atoms with E-state index in [1.165, 1.54) is 22.9 Å². The van der Waals surface area contributed by atoms with E-state index in [-0.39, 0.29) is 22.6 Å². The van der Waals surface area contributed by atoms with E-state index >= 15 is 0 Å². The van der Waals surface area contributed by atoms with Gasteiger partial charge in [-0.15, -0.1) is 0 Å². The summed E-state index contributed by atoms with van der Waals surface area (Å²) < 4.78 is 63.7.